The second kappa shape index (κ2) is 9.10. The van der Waals surface area contributed by atoms with E-state index in [-0.39, 0.29) is 22.7 Å². The quantitative estimate of drug-likeness (QED) is 0.655. The number of likely N-dealkylation sites (N-methyl/N-ethyl adjacent to an activating group) is 1. The number of hydrogen-bond acceptors (Lipinski definition) is 7. The fourth-order valence-electron chi connectivity index (χ4n) is 2.97. The number of carbonyl (C=O) groups excluding carboxylic acids is 2. The van der Waals surface area contributed by atoms with Crippen molar-refractivity contribution in [2.45, 2.75) is 0 Å². The Bertz CT molecular complexity index is 1240. The largest absolute Gasteiger partial charge is 0.497 e. The number of anilines is 1. The summed E-state index contributed by atoms with van der Waals surface area (Å²) in [5.41, 5.74) is 0.390. The molecule has 11 heteroatoms. The van der Waals surface area contributed by atoms with Crippen molar-refractivity contribution in [3.63, 3.8) is 0 Å². The van der Waals surface area contributed by atoms with Crippen LogP contribution in [0.3, 0.4) is 0 Å². The summed E-state index contributed by atoms with van der Waals surface area (Å²) in [4.78, 5) is 25.0. The Morgan fingerprint density at radius 3 is 2.41 bits per heavy atom. The molecule has 0 fully saturated rings. The molecule has 0 unspecified atom stereocenters. The number of amides is 1. The molecular weight excluding hydrogens is 438 g/mol. The molecule has 1 aliphatic heterocycles. The Morgan fingerprint density at radius 1 is 1.03 bits per heavy atom. The standard InChI is InChI=1S/C21H21N3O7S/c1-24-18(20(25)22-16-8-6-5-7-14(16)21(26)31-4)12-17(23-32(24,27)28)15-11-13(29-2)9-10-19(15)30-3/h5-12H,1-4H3,(H,22,25). The van der Waals surface area contributed by atoms with Gasteiger partial charge in [0.1, 0.15) is 17.2 Å². The highest BCUT2D eigenvalue weighted by molar-refractivity contribution is 7.88. The molecule has 0 saturated carbocycles. The van der Waals surface area contributed by atoms with E-state index >= 15 is 0 Å². The molecule has 1 N–H and O–H groups in total. The van der Waals surface area contributed by atoms with E-state index in [9.17, 15) is 18.0 Å². The highest BCUT2D eigenvalue weighted by atomic mass is 32.2. The lowest BCUT2D eigenvalue weighted by Crippen LogP contribution is -2.36. The van der Waals surface area contributed by atoms with Crippen LogP contribution < -0.4 is 14.8 Å². The zero-order chi connectivity index (χ0) is 23.5. The molecule has 0 saturated heterocycles. The summed E-state index contributed by atoms with van der Waals surface area (Å²) in [5.74, 6) is -0.618. The molecule has 2 aromatic rings. The van der Waals surface area contributed by atoms with Gasteiger partial charge in [-0.05, 0) is 36.4 Å². The molecule has 0 radical (unpaired) electrons. The number of hydrogen-bond donors (Lipinski definition) is 1. The van der Waals surface area contributed by atoms with Crippen LogP contribution in [-0.2, 0) is 19.7 Å². The number of methoxy groups -OCH3 is 3. The minimum Gasteiger partial charge on any atom is -0.497 e. The van der Waals surface area contributed by atoms with E-state index in [2.05, 4.69) is 9.71 Å². The monoisotopic (exact) mass is 459 g/mol. The van der Waals surface area contributed by atoms with Crippen molar-refractivity contribution in [2.24, 2.45) is 4.40 Å². The zero-order valence-electron chi connectivity index (χ0n) is 17.8. The van der Waals surface area contributed by atoms with Crippen LogP contribution in [0.5, 0.6) is 11.5 Å². The summed E-state index contributed by atoms with van der Waals surface area (Å²) in [6.07, 6.45) is 1.31. The number of nitrogens with one attached hydrogen (secondary N) is 1. The lowest BCUT2D eigenvalue weighted by atomic mass is 10.1. The summed E-state index contributed by atoms with van der Waals surface area (Å²) in [6, 6.07) is 11.0. The molecule has 0 spiro atoms. The maximum Gasteiger partial charge on any atom is 0.345 e. The number of esters is 1. The van der Waals surface area contributed by atoms with Crippen molar-refractivity contribution in [2.75, 3.05) is 33.7 Å². The predicted octanol–water partition coefficient (Wildman–Crippen LogP) is 1.99. The lowest BCUT2D eigenvalue weighted by molar-refractivity contribution is -0.113. The van der Waals surface area contributed by atoms with Gasteiger partial charge in [-0.2, -0.15) is 8.42 Å². The molecule has 0 atom stereocenters. The predicted molar refractivity (Wildman–Crippen MR) is 117 cm³/mol. The van der Waals surface area contributed by atoms with Crippen LogP contribution in [0.25, 0.3) is 0 Å². The molecule has 10 nitrogen and oxygen atoms in total. The van der Waals surface area contributed by atoms with E-state index in [1.54, 1.807) is 30.3 Å². The molecule has 3 rings (SSSR count). The highest BCUT2D eigenvalue weighted by Crippen LogP contribution is 2.29. The van der Waals surface area contributed by atoms with Crippen LogP contribution in [0.1, 0.15) is 15.9 Å². The molecule has 32 heavy (non-hydrogen) atoms. The Balaban J connectivity index is 2.06. The number of ether oxygens (including phenoxy) is 3. The topological polar surface area (TPSA) is 124 Å². The lowest BCUT2D eigenvalue weighted by Gasteiger charge is -2.24. The number of para-hydroxylation sites is 1. The van der Waals surface area contributed by atoms with Crippen LogP contribution in [0.4, 0.5) is 5.69 Å². The maximum absolute atomic E-state index is 13.0. The summed E-state index contributed by atoms with van der Waals surface area (Å²) < 4.78 is 45.1. The third-order valence-electron chi connectivity index (χ3n) is 4.67. The second-order valence-electron chi connectivity index (χ2n) is 6.51. The van der Waals surface area contributed by atoms with E-state index in [1.807, 2.05) is 0 Å². The van der Waals surface area contributed by atoms with Crippen molar-refractivity contribution in [1.82, 2.24) is 4.31 Å². The smallest absolute Gasteiger partial charge is 0.345 e. The van der Waals surface area contributed by atoms with Crippen molar-refractivity contribution in [3.05, 3.63) is 65.4 Å². The Hall–Kier alpha value is -3.86. The van der Waals surface area contributed by atoms with E-state index in [4.69, 9.17) is 14.2 Å². The van der Waals surface area contributed by atoms with Gasteiger partial charge in [-0.25, -0.2) is 9.10 Å². The molecule has 1 amide bonds. The van der Waals surface area contributed by atoms with Crippen molar-refractivity contribution in [1.29, 1.82) is 0 Å². The van der Waals surface area contributed by atoms with Gasteiger partial charge in [0.05, 0.1) is 38.3 Å². The van der Waals surface area contributed by atoms with E-state index in [0.717, 1.165) is 4.31 Å². The van der Waals surface area contributed by atoms with Gasteiger partial charge in [-0.1, -0.05) is 12.1 Å². The van der Waals surface area contributed by atoms with Gasteiger partial charge >= 0.3 is 16.2 Å². The SMILES string of the molecule is COC(=O)c1ccccc1NC(=O)C1=CC(c2cc(OC)ccc2OC)=NS(=O)(=O)N1C. The number of carbonyl (C=O) groups is 2. The van der Waals surface area contributed by atoms with Gasteiger partial charge in [0.15, 0.2) is 0 Å². The third kappa shape index (κ3) is 4.42. The molecule has 2 aromatic carbocycles. The van der Waals surface area contributed by atoms with Gasteiger partial charge in [-0.3, -0.25) is 4.79 Å². The summed E-state index contributed by atoms with van der Waals surface area (Å²) in [5, 5.41) is 2.56. The fraction of sp³-hybridized carbons (Fsp3) is 0.190. The average Bonchev–Trinajstić information content (AvgIpc) is 2.79. The summed E-state index contributed by atoms with van der Waals surface area (Å²) >= 11 is 0. The van der Waals surface area contributed by atoms with Gasteiger partial charge in [-0.15, -0.1) is 4.40 Å². The van der Waals surface area contributed by atoms with Gasteiger partial charge in [0.2, 0.25) is 0 Å². The summed E-state index contributed by atoms with van der Waals surface area (Å²) in [6.45, 7) is 0. The van der Waals surface area contributed by atoms with Crippen molar-refractivity contribution in [3.8, 4) is 11.5 Å². The van der Waals surface area contributed by atoms with Crippen molar-refractivity contribution >= 4 is 33.5 Å². The van der Waals surface area contributed by atoms with Gasteiger partial charge in [0.25, 0.3) is 5.91 Å². The molecule has 0 aromatic heterocycles. The normalized spacial score (nSPS) is 14.7. The van der Waals surface area contributed by atoms with Crippen LogP contribution in [-0.4, -0.2) is 58.7 Å². The summed E-state index contributed by atoms with van der Waals surface area (Å²) in [7, 11) is 1.10. The van der Waals surface area contributed by atoms with Crippen molar-refractivity contribution < 1.29 is 32.2 Å². The molecule has 1 aliphatic rings. The zero-order valence-corrected chi connectivity index (χ0v) is 18.6. The Kier molecular flexibility index (Phi) is 6.49. The van der Waals surface area contributed by atoms with Gasteiger partial charge < -0.3 is 19.5 Å². The number of nitrogens with zero attached hydrogens (tertiary/aromatic N) is 2. The second-order valence-corrected chi connectivity index (χ2v) is 8.13. The fourth-order valence-corrected chi connectivity index (χ4v) is 3.88. The molecule has 0 bridgehead atoms. The van der Waals surface area contributed by atoms with Crippen LogP contribution in [0.15, 0.2) is 58.6 Å². The molecule has 1 heterocycles. The minimum absolute atomic E-state index is 0.00902. The molecule has 168 valence electrons. The number of allylic oxidation sites excluding steroid dienone is 1. The molecular formula is C21H21N3O7S. The Morgan fingerprint density at radius 2 is 1.75 bits per heavy atom. The first-order valence-corrected chi connectivity index (χ1v) is 10.6. The average molecular weight is 459 g/mol. The molecule has 0 aliphatic carbocycles. The van der Waals surface area contributed by atoms with Gasteiger partial charge in [0, 0.05) is 12.6 Å². The first kappa shape index (κ1) is 22.8. The Labute approximate surface area is 185 Å². The highest BCUT2D eigenvalue weighted by Gasteiger charge is 2.31. The van der Waals surface area contributed by atoms with Crippen LogP contribution in [0, 0.1) is 0 Å². The van der Waals surface area contributed by atoms with E-state index in [1.165, 1.54) is 46.6 Å². The first-order chi connectivity index (χ1) is 15.2. The van der Waals surface area contributed by atoms with E-state index < -0.39 is 22.1 Å². The minimum atomic E-state index is -4.22. The first-order valence-electron chi connectivity index (χ1n) is 9.23. The van der Waals surface area contributed by atoms with E-state index in [0.29, 0.717) is 17.1 Å². The van der Waals surface area contributed by atoms with Crippen LogP contribution in [0.2, 0.25) is 0 Å². The number of benzene rings is 2. The maximum atomic E-state index is 13.0. The third-order valence-corrected chi connectivity index (χ3v) is 5.98. The van der Waals surface area contributed by atoms with Crippen LogP contribution >= 0.6 is 0 Å². The number of rotatable bonds is 6.